The highest BCUT2D eigenvalue weighted by molar-refractivity contribution is 4.69. The van der Waals surface area contributed by atoms with Gasteiger partial charge in [0.25, 0.3) is 0 Å². The number of nitrogens with one attached hydrogen (secondary N) is 1. The molecule has 0 spiro atoms. The third kappa shape index (κ3) is 5.50. The Hall–Kier alpha value is -0.120. The first-order chi connectivity index (χ1) is 7.22. The normalized spacial score (nSPS) is 23.4. The SMILES string of the molecule is COC(C)CC(C)CN1CCCNCC1. The molecule has 90 valence electrons. The average Bonchev–Trinajstić information content (AvgIpc) is 2.46. The van der Waals surface area contributed by atoms with Crippen molar-refractivity contribution in [1.29, 1.82) is 0 Å². The van der Waals surface area contributed by atoms with Crippen LogP contribution in [0, 0.1) is 5.92 Å². The first kappa shape index (κ1) is 12.9. The van der Waals surface area contributed by atoms with E-state index in [9.17, 15) is 0 Å². The Balaban J connectivity index is 2.20. The molecule has 0 bridgehead atoms. The number of rotatable bonds is 5. The molecule has 0 radical (unpaired) electrons. The third-order valence-electron chi connectivity index (χ3n) is 3.14. The number of hydrogen-bond acceptors (Lipinski definition) is 3. The lowest BCUT2D eigenvalue weighted by atomic mass is 10.0. The predicted octanol–water partition coefficient (Wildman–Crippen LogP) is 1.34. The molecule has 1 aliphatic heterocycles. The second-order valence-electron chi connectivity index (χ2n) is 4.79. The van der Waals surface area contributed by atoms with Crippen molar-refractivity contribution >= 4 is 0 Å². The van der Waals surface area contributed by atoms with E-state index in [1.165, 1.54) is 39.0 Å². The molecule has 0 saturated carbocycles. The molecule has 0 aliphatic carbocycles. The molecule has 1 saturated heterocycles. The first-order valence-electron chi connectivity index (χ1n) is 6.18. The molecule has 2 atom stereocenters. The van der Waals surface area contributed by atoms with Crippen LogP contribution in [0.15, 0.2) is 0 Å². The van der Waals surface area contributed by atoms with Gasteiger partial charge in [-0.25, -0.2) is 0 Å². The van der Waals surface area contributed by atoms with Gasteiger partial charge in [-0.3, -0.25) is 0 Å². The summed E-state index contributed by atoms with van der Waals surface area (Å²) >= 11 is 0. The lowest BCUT2D eigenvalue weighted by Gasteiger charge is -2.25. The van der Waals surface area contributed by atoms with Crippen LogP contribution in [-0.2, 0) is 4.74 Å². The maximum absolute atomic E-state index is 5.30. The summed E-state index contributed by atoms with van der Waals surface area (Å²) < 4.78 is 5.30. The van der Waals surface area contributed by atoms with Gasteiger partial charge in [0.1, 0.15) is 0 Å². The number of methoxy groups -OCH3 is 1. The van der Waals surface area contributed by atoms with Gasteiger partial charge in [-0.2, -0.15) is 0 Å². The lowest BCUT2D eigenvalue weighted by molar-refractivity contribution is 0.0896. The summed E-state index contributed by atoms with van der Waals surface area (Å²) in [5, 5.41) is 3.44. The van der Waals surface area contributed by atoms with Gasteiger partial charge in [0.15, 0.2) is 0 Å². The Kier molecular flexibility index (Phi) is 6.22. The molecule has 0 amide bonds. The van der Waals surface area contributed by atoms with Crippen molar-refractivity contribution in [2.45, 2.75) is 32.8 Å². The van der Waals surface area contributed by atoms with E-state index >= 15 is 0 Å². The minimum atomic E-state index is 0.394. The van der Waals surface area contributed by atoms with Gasteiger partial charge in [0.2, 0.25) is 0 Å². The summed E-state index contributed by atoms with van der Waals surface area (Å²) in [5.41, 5.74) is 0. The molecule has 0 aromatic carbocycles. The van der Waals surface area contributed by atoms with Crippen LogP contribution in [-0.4, -0.2) is 50.8 Å². The topological polar surface area (TPSA) is 24.5 Å². The Labute approximate surface area is 94.2 Å². The van der Waals surface area contributed by atoms with Crippen LogP contribution >= 0.6 is 0 Å². The summed E-state index contributed by atoms with van der Waals surface area (Å²) in [6, 6.07) is 0. The zero-order chi connectivity index (χ0) is 11.1. The molecule has 15 heavy (non-hydrogen) atoms. The standard InChI is InChI=1S/C12H26N2O/c1-11(9-12(2)15-3)10-14-7-4-5-13-6-8-14/h11-13H,4-10H2,1-3H3. The molecule has 3 heteroatoms. The Morgan fingerprint density at radius 1 is 1.27 bits per heavy atom. The van der Waals surface area contributed by atoms with E-state index in [1.54, 1.807) is 7.11 Å². The van der Waals surface area contributed by atoms with Crippen LogP contribution in [0.2, 0.25) is 0 Å². The molecule has 1 heterocycles. The van der Waals surface area contributed by atoms with E-state index in [0.717, 1.165) is 12.5 Å². The van der Waals surface area contributed by atoms with Crippen molar-refractivity contribution in [1.82, 2.24) is 10.2 Å². The molecule has 2 unspecified atom stereocenters. The highest BCUT2D eigenvalue weighted by Gasteiger charge is 2.14. The van der Waals surface area contributed by atoms with Gasteiger partial charge in [-0.15, -0.1) is 0 Å². The lowest BCUT2D eigenvalue weighted by Crippen LogP contribution is -2.33. The van der Waals surface area contributed by atoms with E-state index in [1.807, 2.05) is 0 Å². The van der Waals surface area contributed by atoms with Gasteiger partial charge in [-0.05, 0) is 38.8 Å². The van der Waals surface area contributed by atoms with Crippen LogP contribution in [0.1, 0.15) is 26.7 Å². The summed E-state index contributed by atoms with van der Waals surface area (Å²) in [4.78, 5) is 2.58. The largest absolute Gasteiger partial charge is 0.382 e. The average molecular weight is 214 g/mol. The maximum atomic E-state index is 5.30. The molecule has 1 aliphatic rings. The molecule has 0 aromatic heterocycles. The quantitative estimate of drug-likeness (QED) is 0.747. The first-order valence-corrected chi connectivity index (χ1v) is 6.18. The van der Waals surface area contributed by atoms with E-state index in [4.69, 9.17) is 4.74 Å². The fourth-order valence-electron chi connectivity index (χ4n) is 2.26. The van der Waals surface area contributed by atoms with E-state index in [0.29, 0.717) is 6.10 Å². The zero-order valence-electron chi connectivity index (χ0n) is 10.5. The summed E-state index contributed by atoms with van der Waals surface area (Å²) in [7, 11) is 1.80. The van der Waals surface area contributed by atoms with Crippen molar-refractivity contribution in [2.75, 3.05) is 39.8 Å². The maximum Gasteiger partial charge on any atom is 0.0546 e. The summed E-state index contributed by atoms with van der Waals surface area (Å²) in [6.45, 7) is 10.5. The number of hydrogen-bond donors (Lipinski definition) is 1. The molecular formula is C12H26N2O. The highest BCUT2D eigenvalue weighted by atomic mass is 16.5. The van der Waals surface area contributed by atoms with Crippen LogP contribution in [0.25, 0.3) is 0 Å². The van der Waals surface area contributed by atoms with Crippen molar-refractivity contribution in [3.05, 3.63) is 0 Å². The van der Waals surface area contributed by atoms with E-state index in [2.05, 4.69) is 24.1 Å². The molecule has 1 N–H and O–H groups in total. The minimum Gasteiger partial charge on any atom is -0.382 e. The fourth-order valence-corrected chi connectivity index (χ4v) is 2.26. The predicted molar refractivity (Wildman–Crippen MR) is 64.2 cm³/mol. The van der Waals surface area contributed by atoms with Crippen LogP contribution in [0.3, 0.4) is 0 Å². The fraction of sp³-hybridized carbons (Fsp3) is 1.00. The third-order valence-corrected chi connectivity index (χ3v) is 3.14. The van der Waals surface area contributed by atoms with Gasteiger partial charge in [-0.1, -0.05) is 6.92 Å². The number of ether oxygens (including phenoxy) is 1. The van der Waals surface area contributed by atoms with Crippen LogP contribution in [0.5, 0.6) is 0 Å². The van der Waals surface area contributed by atoms with Crippen molar-refractivity contribution in [3.63, 3.8) is 0 Å². The van der Waals surface area contributed by atoms with Gasteiger partial charge >= 0.3 is 0 Å². The van der Waals surface area contributed by atoms with Crippen molar-refractivity contribution in [2.24, 2.45) is 5.92 Å². The molecule has 1 rings (SSSR count). The monoisotopic (exact) mass is 214 g/mol. The Bertz CT molecular complexity index is 156. The molecule has 1 fully saturated rings. The molecule has 0 aromatic rings. The van der Waals surface area contributed by atoms with Gasteiger partial charge in [0.05, 0.1) is 6.10 Å². The highest BCUT2D eigenvalue weighted by Crippen LogP contribution is 2.10. The smallest absolute Gasteiger partial charge is 0.0546 e. The molecular weight excluding hydrogens is 188 g/mol. The Morgan fingerprint density at radius 2 is 2.07 bits per heavy atom. The van der Waals surface area contributed by atoms with Gasteiger partial charge < -0.3 is 15.0 Å². The zero-order valence-corrected chi connectivity index (χ0v) is 10.5. The van der Waals surface area contributed by atoms with E-state index < -0.39 is 0 Å². The number of nitrogens with zero attached hydrogens (tertiary/aromatic N) is 1. The van der Waals surface area contributed by atoms with Gasteiger partial charge in [0, 0.05) is 26.7 Å². The van der Waals surface area contributed by atoms with Crippen molar-refractivity contribution < 1.29 is 4.74 Å². The summed E-state index contributed by atoms with van der Waals surface area (Å²) in [5.74, 6) is 0.734. The van der Waals surface area contributed by atoms with Crippen LogP contribution < -0.4 is 5.32 Å². The van der Waals surface area contributed by atoms with Crippen molar-refractivity contribution in [3.8, 4) is 0 Å². The summed E-state index contributed by atoms with van der Waals surface area (Å²) in [6.07, 6.45) is 2.84. The van der Waals surface area contributed by atoms with E-state index in [-0.39, 0.29) is 0 Å². The molecule has 3 nitrogen and oxygen atoms in total. The van der Waals surface area contributed by atoms with Crippen LogP contribution in [0.4, 0.5) is 0 Å². The second kappa shape index (κ2) is 7.20. The Morgan fingerprint density at radius 3 is 2.80 bits per heavy atom. The minimum absolute atomic E-state index is 0.394. The second-order valence-corrected chi connectivity index (χ2v) is 4.79.